The number of hydrogen-bond donors (Lipinski definition) is 1. The third kappa shape index (κ3) is 3.25. The molecule has 0 bridgehead atoms. The quantitative estimate of drug-likeness (QED) is 0.760. The van der Waals surface area contributed by atoms with Gasteiger partial charge in [0.1, 0.15) is 11.6 Å². The van der Waals surface area contributed by atoms with Crippen LogP contribution in [0.2, 0.25) is 0 Å². The van der Waals surface area contributed by atoms with Crippen LogP contribution in [0.1, 0.15) is 24.0 Å². The van der Waals surface area contributed by atoms with Crippen LogP contribution in [0, 0.1) is 11.6 Å². The standard InChI is InChI=1S/C12H17F2NO/c1-16-8-9-5-6-11(13)10(12(9)14)4-2-3-7-15/h5-6H,2-4,7-8,15H2,1H3. The van der Waals surface area contributed by atoms with Gasteiger partial charge in [-0.25, -0.2) is 8.78 Å². The Balaban J connectivity index is 2.83. The first kappa shape index (κ1) is 13.1. The van der Waals surface area contributed by atoms with Gasteiger partial charge in [0.05, 0.1) is 6.61 Å². The molecule has 1 aromatic rings. The van der Waals surface area contributed by atoms with Gasteiger partial charge in [0, 0.05) is 18.2 Å². The van der Waals surface area contributed by atoms with Gasteiger partial charge in [-0.05, 0) is 31.9 Å². The first-order chi connectivity index (χ1) is 7.70. The Bertz CT molecular complexity index is 342. The van der Waals surface area contributed by atoms with Crippen LogP contribution in [0.4, 0.5) is 8.78 Å². The summed E-state index contributed by atoms with van der Waals surface area (Å²) in [6, 6.07) is 2.70. The number of rotatable bonds is 6. The second-order valence-electron chi connectivity index (χ2n) is 3.68. The third-order valence-corrected chi connectivity index (χ3v) is 2.45. The molecule has 1 aromatic carbocycles. The maximum absolute atomic E-state index is 13.8. The lowest BCUT2D eigenvalue weighted by Crippen LogP contribution is -2.04. The molecule has 2 N–H and O–H groups in total. The smallest absolute Gasteiger partial charge is 0.134 e. The SMILES string of the molecule is COCc1ccc(F)c(CCCCN)c1F. The van der Waals surface area contributed by atoms with Gasteiger partial charge >= 0.3 is 0 Å². The number of nitrogens with two attached hydrogens (primary N) is 1. The summed E-state index contributed by atoms with van der Waals surface area (Å²) in [5.74, 6) is -0.978. The minimum absolute atomic E-state index is 0.142. The van der Waals surface area contributed by atoms with Gasteiger partial charge < -0.3 is 10.5 Å². The summed E-state index contributed by atoms with van der Waals surface area (Å²) < 4.78 is 32.0. The van der Waals surface area contributed by atoms with E-state index in [0.29, 0.717) is 24.9 Å². The zero-order valence-corrected chi connectivity index (χ0v) is 9.43. The molecule has 0 aromatic heterocycles. The van der Waals surface area contributed by atoms with Crippen molar-refractivity contribution in [2.24, 2.45) is 5.73 Å². The van der Waals surface area contributed by atoms with E-state index in [0.717, 1.165) is 6.42 Å². The first-order valence-corrected chi connectivity index (χ1v) is 5.35. The molecule has 0 saturated carbocycles. The van der Waals surface area contributed by atoms with Crippen molar-refractivity contribution in [2.45, 2.75) is 25.9 Å². The molecule has 1 rings (SSSR count). The Morgan fingerprint density at radius 1 is 1.25 bits per heavy atom. The predicted molar refractivity (Wildman–Crippen MR) is 59.1 cm³/mol. The van der Waals surface area contributed by atoms with Crippen LogP contribution >= 0.6 is 0 Å². The average molecular weight is 229 g/mol. The van der Waals surface area contributed by atoms with Crippen molar-refractivity contribution in [3.8, 4) is 0 Å². The molecule has 0 aliphatic heterocycles. The number of hydrogen-bond acceptors (Lipinski definition) is 2. The number of unbranched alkanes of at least 4 members (excludes halogenated alkanes) is 1. The maximum Gasteiger partial charge on any atom is 0.134 e. The summed E-state index contributed by atoms with van der Waals surface area (Å²) in [5.41, 5.74) is 5.88. The summed E-state index contributed by atoms with van der Waals surface area (Å²) in [6.07, 6.45) is 1.85. The molecular formula is C12H17F2NO. The van der Waals surface area contributed by atoms with E-state index in [4.69, 9.17) is 10.5 Å². The molecule has 0 amide bonds. The second-order valence-corrected chi connectivity index (χ2v) is 3.68. The summed E-state index contributed by atoms with van der Waals surface area (Å²) >= 11 is 0. The highest BCUT2D eigenvalue weighted by Crippen LogP contribution is 2.19. The lowest BCUT2D eigenvalue weighted by molar-refractivity contribution is 0.181. The summed E-state index contributed by atoms with van der Waals surface area (Å²) in [6.45, 7) is 0.705. The van der Waals surface area contributed by atoms with Crippen LogP contribution in [-0.2, 0) is 17.8 Å². The van der Waals surface area contributed by atoms with E-state index in [1.165, 1.54) is 19.2 Å². The second kappa shape index (κ2) is 6.55. The minimum atomic E-state index is -0.491. The van der Waals surface area contributed by atoms with Crippen LogP contribution in [0.5, 0.6) is 0 Å². The highest BCUT2D eigenvalue weighted by molar-refractivity contribution is 5.27. The van der Waals surface area contributed by atoms with E-state index in [-0.39, 0.29) is 12.2 Å². The molecule has 90 valence electrons. The molecule has 0 atom stereocenters. The molecular weight excluding hydrogens is 212 g/mol. The lowest BCUT2D eigenvalue weighted by Gasteiger charge is -2.08. The monoisotopic (exact) mass is 229 g/mol. The van der Waals surface area contributed by atoms with Crippen LogP contribution < -0.4 is 5.73 Å². The van der Waals surface area contributed by atoms with Crippen molar-refractivity contribution in [2.75, 3.05) is 13.7 Å². The molecule has 0 fully saturated rings. The van der Waals surface area contributed by atoms with E-state index in [2.05, 4.69) is 0 Å². The van der Waals surface area contributed by atoms with Gasteiger partial charge in [-0.1, -0.05) is 6.07 Å². The molecule has 4 heteroatoms. The Morgan fingerprint density at radius 3 is 2.62 bits per heavy atom. The molecule has 0 aliphatic rings. The van der Waals surface area contributed by atoms with Crippen LogP contribution in [0.3, 0.4) is 0 Å². The fourth-order valence-electron chi connectivity index (χ4n) is 1.59. The number of benzene rings is 1. The normalized spacial score (nSPS) is 10.8. The van der Waals surface area contributed by atoms with Crippen LogP contribution in [0.25, 0.3) is 0 Å². The summed E-state index contributed by atoms with van der Waals surface area (Å²) in [7, 11) is 1.48. The minimum Gasteiger partial charge on any atom is -0.380 e. The molecule has 0 heterocycles. The number of halogens is 2. The van der Waals surface area contributed by atoms with Crippen molar-refractivity contribution < 1.29 is 13.5 Å². The van der Waals surface area contributed by atoms with E-state index in [9.17, 15) is 8.78 Å². The molecule has 0 unspecified atom stereocenters. The molecule has 2 nitrogen and oxygen atoms in total. The summed E-state index contributed by atoms with van der Waals surface area (Å²) in [5, 5.41) is 0. The molecule has 0 spiro atoms. The van der Waals surface area contributed by atoms with Crippen molar-refractivity contribution in [3.63, 3.8) is 0 Å². The van der Waals surface area contributed by atoms with E-state index in [1.54, 1.807) is 0 Å². The first-order valence-electron chi connectivity index (χ1n) is 5.35. The van der Waals surface area contributed by atoms with Gasteiger partial charge in [-0.15, -0.1) is 0 Å². The van der Waals surface area contributed by atoms with Crippen molar-refractivity contribution >= 4 is 0 Å². The zero-order chi connectivity index (χ0) is 12.0. The van der Waals surface area contributed by atoms with Crippen molar-refractivity contribution in [1.82, 2.24) is 0 Å². The van der Waals surface area contributed by atoms with Gasteiger partial charge in [-0.3, -0.25) is 0 Å². The fraction of sp³-hybridized carbons (Fsp3) is 0.500. The highest BCUT2D eigenvalue weighted by Gasteiger charge is 2.12. The Morgan fingerprint density at radius 2 is 2.00 bits per heavy atom. The topological polar surface area (TPSA) is 35.2 Å². The van der Waals surface area contributed by atoms with Gasteiger partial charge in [0.25, 0.3) is 0 Å². The lowest BCUT2D eigenvalue weighted by atomic mass is 10.0. The Labute approximate surface area is 94.4 Å². The number of methoxy groups -OCH3 is 1. The third-order valence-electron chi connectivity index (χ3n) is 2.45. The highest BCUT2D eigenvalue weighted by atomic mass is 19.1. The molecule has 16 heavy (non-hydrogen) atoms. The van der Waals surface area contributed by atoms with Crippen molar-refractivity contribution in [1.29, 1.82) is 0 Å². The molecule has 0 aliphatic carbocycles. The van der Waals surface area contributed by atoms with E-state index < -0.39 is 11.6 Å². The van der Waals surface area contributed by atoms with E-state index in [1.807, 2.05) is 0 Å². The Hall–Kier alpha value is -1.00. The molecule has 0 radical (unpaired) electrons. The van der Waals surface area contributed by atoms with Gasteiger partial charge in [0.15, 0.2) is 0 Å². The maximum atomic E-state index is 13.8. The predicted octanol–water partition coefficient (Wildman–Crippen LogP) is 2.39. The van der Waals surface area contributed by atoms with Crippen LogP contribution in [0.15, 0.2) is 12.1 Å². The zero-order valence-electron chi connectivity index (χ0n) is 9.43. The van der Waals surface area contributed by atoms with Gasteiger partial charge in [-0.2, -0.15) is 0 Å². The van der Waals surface area contributed by atoms with E-state index >= 15 is 0 Å². The molecule has 0 saturated heterocycles. The van der Waals surface area contributed by atoms with Gasteiger partial charge in [0.2, 0.25) is 0 Å². The fourth-order valence-corrected chi connectivity index (χ4v) is 1.59. The van der Waals surface area contributed by atoms with Crippen LogP contribution in [-0.4, -0.2) is 13.7 Å². The Kier molecular flexibility index (Phi) is 5.35. The summed E-state index contributed by atoms with van der Waals surface area (Å²) in [4.78, 5) is 0. The van der Waals surface area contributed by atoms with Crippen molar-refractivity contribution in [3.05, 3.63) is 34.9 Å². The number of ether oxygens (including phenoxy) is 1. The largest absolute Gasteiger partial charge is 0.380 e. The average Bonchev–Trinajstić information content (AvgIpc) is 2.27.